The van der Waals surface area contributed by atoms with Gasteiger partial charge in [0, 0.05) is 5.56 Å². The van der Waals surface area contributed by atoms with Gasteiger partial charge in [0.15, 0.2) is 5.78 Å². The highest BCUT2D eigenvalue weighted by atomic mass is 16.7. The monoisotopic (exact) mass is 494 g/mol. The predicted molar refractivity (Wildman–Crippen MR) is 143 cm³/mol. The van der Waals surface area contributed by atoms with E-state index in [0.29, 0.717) is 42.4 Å². The summed E-state index contributed by atoms with van der Waals surface area (Å²) in [6.45, 7) is 14.2. The zero-order chi connectivity index (χ0) is 26.6. The summed E-state index contributed by atoms with van der Waals surface area (Å²) in [7, 11) is 0. The molecule has 2 rings (SSSR count). The average Bonchev–Trinajstić information content (AvgIpc) is 2.85. The maximum absolute atomic E-state index is 12.9. The predicted octanol–water partition coefficient (Wildman–Crippen LogP) is 6.81. The third-order valence-corrected chi connectivity index (χ3v) is 5.08. The van der Waals surface area contributed by atoms with E-state index in [4.69, 9.17) is 18.9 Å². The molecule has 0 saturated heterocycles. The minimum Gasteiger partial charge on any atom is -0.493 e. The number of allylic oxidation sites excluding steroid dienone is 2. The molecule has 0 heterocycles. The molecule has 2 aromatic carbocycles. The second-order valence-corrected chi connectivity index (χ2v) is 9.32. The van der Waals surface area contributed by atoms with Crippen LogP contribution in [-0.4, -0.2) is 31.8 Å². The lowest BCUT2D eigenvalue weighted by atomic mass is 9.98. The molecule has 0 aliphatic heterocycles. The zero-order valence-electron chi connectivity index (χ0n) is 22.1. The first kappa shape index (κ1) is 28.7. The van der Waals surface area contributed by atoms with E-state index in [1.165, 1.54) is 6.08 Å². The first-order valence-electron chi connectivity index (χ1n) is 12.4. The van der Waals surface area contributed by atoms with Gasteiger partial charge in [-0.15, -0.1) is 6.58 Å². The van der Waals surface area contributed by atoms with Gasteiger partial charge in [-0.05, 0) is 88.1 Å². The summed E-state index contributed by atoms with van der Waals surface area (Å²) >= 11 is 0. The second kappa shape index (κ2) is 14.1. The Morgan fingerprint density at radius 3 is 2.19 bits per heavy atom. The van der Waals surface area contributed by atoms with Crippen molar-refractivity contribution in [1.82, 2.24) is 0 Å². The van der Waals surface area contributed by atoms with Crippen LogP contribution >= 0.6 is 0 Å². The molecule has 194 valence electrons. The molecule has 0 atom stereocenters. The highest BCUT2D eigenvalue weighted by Gasteiger charge is 2.23. The highest BCUT2D eigenvalue weighted by molar-refractivity contribution is 6.07. The van der Waals surface area contributed by atoms with Gasteiger partial charge < -0.3 is 18.9 Å². The van der Waals surface area contributed by atoms with Crippen molar-refractivity contribution in [3.8, 4) is 17.2 Å². The number of esters is 1. The summed E-state index contributed by atoms with van der Waals surface area (Å²) in [6, 6.07) is 10.6. The van der Waals surface area contributed by atoms with E-state index in [2.05, 4.69) is 6.58 Å². The molecule has 0 spiro atoms. The van der Waals surface area contributed by atoms with Crippen LogP contribution < -0.4 is 14.2 Å². The van der Waals surface area contributed by atoms with Crippen molar-refractivity contribution in [3.63, 3.8) is 0 Å². The van der Waals surface area contributed by atoms with E-state index in [-0.39, 0.29) is 18.5 Å². The summed E-state index contributed by atoms with van der Waals surface area (Å²) in [6.07, 6.45) is 7.47. The number of rotatable bonds is 14. The van der Waals surface area contributed by atoms with Gasteiger partial charge in [-0.3, -0.25) is 9.59 Å². The highest BCUT2D eigenvalue weighted by Crippen LogP contribution is 2.35. The number of carbonyl (C=O) groups is 2. The number of ether oxygens (including phenoxy) is 4. The van der Waals surface area contributed by atoms with Gasteiger partial charge in [0.1, 0.15) is 17.2 Å². The molecular formula is C30H38O6. The zero-order valence-corrected chi connectivity index (χ0v) is 22.1. The topological polar surface area (TPSA) is 71.1 Å². The summed E-state index contributed by atoms with van der Waals surface area (Å²) in [4.78, 5) is 24.7. The fourth-order valence-corrected chi connectivity index (χ4v) is 3.15. The van der Waals surface area contributed by atoms with Crippen LogP contribution in [0.4, 0.5) is 0 Å². The Labute approximate surface area is 214 Å². The van der Waals surface area contributed by atoms with Gasteiger partial charge in [-0.2, -0.15) is 0 Å². The van der Waals surface area contributed by atoms with E-state index in [1.54, 1.807) is 51.1 Å². The number of carbonyl (C=O) groups excluding carboxylic acids is 2. The second-order valence-electron chi connectivity index (χ2n) is 9.32. The van der Waals surface area contributed by atoms with Crippen LogP contribution in [0.25, 0.3) is 6.08 Å². The molecule has 0 fully saturated rings. The molecule has 0 aliphatic rings. The van der Waals surface area contributed by atoms with Gasteiger partial charge in [-0.25, -0.2) is 0 Å². The Hall–Kier alpha value is -3.54. The van der Waals surface area contributed by atoms with Crippen molar-refractivity contribution in [3.05, 3.63) is 71.8 Å². The molecule has 0 radical (unpaired) electrons. The van der Waals surface area contributed by atoms with Crippen molar-refractivity contribution < 1.29 is 28.5 Å². The quantitative estimate of drug-likeness (QED) is 0.0944. The molecule has 0 amide bonds. The van der Waals surface area contributed by atoms with E-state index in [1.807, 2.05) is 32.1 Å². The largest absolute Gasteiger partial charge is 0.493 e. The van der Waals surface area contributed by atoms with Crippen LogP contribution in [0, 0.1) is 5.41 Å². The molecule has 6 nitrogen and oxygen atoms in total. The third kappa shape index (κ3) is 8.59. The number of hydrogen-bond donors (Lipinski definition) is 0. The third-order valence-electron chi connectivity index (χ3n) is 5.08. The van der Waals surface area contributed by atoms with Gasteiger partial charge in [0.25, 0.3) is 0 Å². The van der Waals surface area contributed by atoms with Gasteiger partial charge in [0.05, 0.1) is 24.2 Å². The SMILES string of the molecule is C=CCc1ccc(OCCC)c(/C=C/C(=O)c2ccc(OCOC(=O)C(C)(C)C)cc2)c1OCCC. The average molecular weight is 495 g/mol. The Morgan fingerprint density at radius 1 is 0.917 bits per heavy atom. The number of benzene rings is 2. The molecule has 0 saturated carbocycles. The normalized spacial score (nSPS) is 11.2. The van der Waals surface area contributed by atoms with Gasteiger partial charge in [-0.1, -0.05) is 26.0 Å². The van der Waals surface area contributed by atoms with Crippen LogP contribution in [0.15, 0.2) is 55.1 Å². The molecule has 0 bridgehead atoms. The maximum Gasteiger partial charge on any atom is 0.314 e. The number of hydrogen-bond acceptors (Lipinski definition) is 6. The summed E-state index contributed by atoms with van der Waals surface area (Å²) < 4.78 is 22.6. The van der Waals surface area contributed by atoms with Gasteiger partial charge in [0.2, 0.25) is 6.79 Å². The molecule has 36 heavy (non-hydrogen) atoms. The lowest BCUT2D eigenvalue weighted by Gasteiger charge is -2.17. The van der Waals surface area contributed by atoms with E-state index in [0.717, 1.165) is 24.0 Å². The fraction of sp³-hybridized carbons (Fsp3) is 0.400. The summed E-state index contributed by atoms with van der Waals surface area (Å²) in [5.41, 5.74) is 1.63. The van der Waals surface area contributed by atoms with E-state index in [9.17, 15) is 9.59 Å². The van der Waals surface area contributed by atoms with Crippen molar-refractivity contribution in [2.45, 2.75) is 53.9 Å². The van der Waals surface area contributed by atoms with Crippen LogP contribution in [0.2, 0.25) is 0 Å². The molecule has 6 heteroatoms. The lowest BCUT2D eigenvalue weighted by molar-refractivity contribution is -0.159. The van der Waals surface area contributed by atoms with Gasteiger partial charge >= 0.3 is 5.97 Å². The molecule has 0 N–H and O–H groups in total. The number of ketones is 1. The smallest absolute Gasteiger partial charge is 0.314 e. The van der Waals surface area contributed by atoms with Crippen LogP contribution in [0.1, 0.15) is 68.9 Å². The minimum atomic E-state index is -0.597. The lowest BCUT2D eigenvalue weighted by Crippen LogP contribution is -2.24. The minimum absolute atomic E-state index is 0.169. The van der Waals surface area contributed by atoms with Crippen molar-refractivity contribution >= 4 is 17.8 Å². The molecule has 2 aromatic rings. The fourth-order valence-electron chi connectivity index (χ4n) is 3.15. The summed E-state index contributed by atoms with van der Waals surface area (Å²) in [5.74, 6) is 1.37. The Kier molecular flexibility index (Phi) is 11.3. The Balaban J connectivity index is 2.20. The summed E-state index contributed by atoms with van der Waals surface area (Å²) in [5, 5.41) is 0. The Morgan fingerprint density at radius 2 is 1.58 bits per heavy atom. The van der Waals surface area contributed by atoms with E-state index < -0.39 is 5.41 Å². The first-order valence-corrected chi connectivity index (χ1v) is 12.4. The van der Waals surface area contributed by atoms with Crippen molar-refractivity contribution in [2.75, 3.05) is 20.0 Å². The first-order chi connectivity index (χ1) is 17.2. The Bertz CT molecular complexity index is 1040. The van der Waals surface area contributed by atoms with E-state index >= 15 is 0 Å². The standard InChI is InChI=1S/C30H38O6/c1-7-10-23-13-18-27(33-19-8-2)25(28(23)34-20-9-3)16-17-26(31)22-11-14-24(15-12-22)35-21-36-29(32)30(4,5)6/h7,11-18H,1,8-10,19-21H2,2-6H3/b17-16+. The molecule has 0 unspecified atom stereocenters. The van der Waals surface area contributed by atoms with Crippen LogP contribution in [0.3, 0.4) is 0 Å². The maximum atomic E-state index is 12.9. The van der Waals surface area contributed by atoms with Crippen molar-refractivity contribution in [1.29, 1.82) is 0 Å². The molecule has 0 aliphatic carbocycles. The molecular weight excluding hydrogens is 456 g/mol. The van der Waals surface area contributed by atoms with Crippen LogP contribution in [-0.2, 0) is 16.0 Å². The molecule has 0 aromatic heterocycles. The van der Waals surface area contributed by atoms with Crippen LogP contribution in [0.5, 0.6) is 17.2 Å². The van der Waals surface area contributed by atoms with Crippen molar-refractivity contribution in [2.24, 2.45) is 5.41 Å².